The predicted molar refractivity (Wildman–Crippen MR) is 144 cm³/mol. The van der Waals surface area contributed by atoms with Crippen molar-refractivity contribution in [2.45, 2.75) is 19.9 Å². The van der Waals surface area contributed by atoms with Gasteiger partial charge in [0.2, 0.25) is 0 Å². The lowest BCUT2D eigenvalue weighted by Gasteiger charge is -2.27. The number of aromatic nitrogens is 1. The van der Waals surface area contributed by atoms with Crippen molar-refractivity contribution < 1.29 is 19.2 Å². The molecule has 2 heterocycles. The minimum atomic E-state index is -0.862. The summed E-state index contributed by atoms with van der Waals surface area (Å²) in [5.74, 6) is -0.0554. The molecule has 1 aromatic heterocycles. The fourth-order valence-corrected chi connectivity index (χ4v) is 5.73. The maximum absolute atomic E-state index is 13.9. The molecule has 0 fully saturated rings. The van der Waals surface area contributed by atoms with Gasteiger partial charge in [-0.2, -0.15) is 0 Å². The van der Waals surface area contributed by atoms with E-state index in [2.05, 4.69) is 4.99 Å². The molecule has 3 aromatic carbocycles. The van der Waals surface area contributed by atoms with Crippen molar-refractivity contribution in [3.8, 4) is 5.75 Å². The summed E-state index contributed by atoms with van der Waals surface area (Å²) in [4.78, 5) is 43.0. The highest BCUT2D eigenvalue weighted by Gasteiger charge is 2.36. The van der Waals surface area contributed by atoms with Crippen LogP contribution in [-0.2, 0) is 9.53 Å². The second-order valence-electron chi connectivity index (χ2n) is 8.56. The molecular formula is C28H23N3O6S. The van der Waals surface area contributed by atoms with Gasteiger partial charge in [-0.25, -0.2) is 9.79 Å². The molecule has 0 bridgehead atoms. The van der Waals surface area contributed by atoms with Gasteiger partial charge in [-0.1, -0.05) is 53.8 Å². The molecule has 1 aliphatic rings. The number of fused-ring (bicyclic) bond motifs is 2. The Hall–Kier alpha value is -4.57. The number of methoxy groups -OCH3 is 1. The second-order valence-corrected chi connectivity index (χ2v) is 9.57. The number of thiazole rings is 1. The number of benzene rings is 3. The highest BCUT2D eigenvalue weighted by molar-refractivity contribution is 7.07. The number of hydrogen-bond acceptors (Lipinski definition) is 8. The zero-order valence-corrected chi connectivity index (χ0v) is 21.7. The molecule has 0 saturated heterocycles. The normalized spacial score (nSPS) is 15.2. The summed E-state index contributed by atoms with van der Waals surface area (Å²) in [7, 11) is 1.54. The van der Waals surface area contributed by atoms with Gasteiger partial charge in [0, 0.05) is 17.7 Å². The number of nitrogens with zero attached hydrogens (tertiary/aromatic N) is 3. The Morgan fingerprint density at radius 1 is 1.18 bits per heavy atom. The van der Waals surface area contributed by atoms with E-state index in [0.29, 0.717) is 31.9 Å². The van der Waals surface area contributed by atoms with Crippen molar-refractivity contribution in [3.05, 3.63) is 113 Å². The number of ether oxygens (including phenoxy) is 2. The highest BCUT2D eigenvalue weighted by Crippen LogP contribution is 2.40. The summed E-state index contributed by atoms with van der Waals surface area (Å²) in [5.41, 5.74) is 1.37. The minimum absolute atomic E-state index is 0.0784. The lowest BCUT2D eigenvalue weighted by Crippen LogP contribution is -2.40. The van der Waals surface area contributed by atoms with Crippen molar-refractivity contribution in [2.24, 2.45) is 4.99 Å². The van der Waals surface area contributed by atoms with Gasteiger partial charge < -0.3 is 9.47 Å². The van der Waals surface area contributed by atoms with Crippen molar-refractivity contribution in [3.63, 3.8) is 0 Å². The fourth-order valence-electron chi connectivity index (χ4n) is 4.68. The van der Waals surface area contributed by atoms with Crippen molar-refractivity contribution in [1.82, 2.24) is 4.57 Å². The summed E-state index contributed by atoms with van der Waals surface area (Å²) >= 11 is 1.15. The maximum Gasteiger partial charge on any atom is 0.338 e. The number of rotatable bonds is 6. The van der Waals surface area contributed by atoms with Crippen LogP contribution in [0.3, 0.4) is 0 Å². The molecule has 0 saturated carbocycles. The smallest absolute Gasteiger partial charge is 0.338 e. The summed E-state index contributed by atoms with van der Waals surface area (Å²) in [6.07, 6.45) is 1.59. The third kappa shape index (κ3) is 4.28. The molecule has 0 N–H and O–H groups in total. The first-order chi connectivity index (χ1) is 18.3. The fraction of sp³-hybridized carbons (Fsp3) is 0.179. The molecule has 9 nitrogen and oxygen atoms in total. The average molecular weight is 530 g/mol. The van der Waals surface area contributed by atoms with Gasteiger partial charge in [-0.3, -0.25) is 19.5 Å². The Morgan fingerprint density at radius 2 is 1.97 bits per heavy atom. The van der Waals surface area contributed by atoms with Gasteiger partial charge in [0.25, 0.3) is 11.2 Å². The number of nitro groups is 1. The molecule has 0 amide bonds. The number of non-ortho nitro benzene ring substituents is 1. The van der Waals surface area contributed by atoms with E-state index < -0.39 is 16.9 Å². The van der Waals surface area contributed by atoms with E-state index in [9.17, 15) is 19.7 Å². The first-order valence-electron chi connectivity index (χ1n) is 11.8. The van der Waals surface area contributed by atoms with Crippen LogP contribution in [-0.4, -0.2) is 29.2 Å². The van der Waals surface area contributed by atoms with Crippen LogP contribution in [0.5, 0.6) is 5.75 Å². The standard InChI is InChI=1S/C28H23N3O6S/c1-4-37-27(33)23-16(2)29-28-30(25(23)24-20-11-6-5-9-18(20)12-13-21(24)36-3)26(32)22(38-28)15-17-8-7-10-19(14-17)31(34)35/h5-15,25H,4H2,1-3H3/b22-15-/t25-/m1/s1. The van der Waals surface area contributed by atoms with Crippen LogP contribution in [0, 0.1) is 10.1 Å². The van der Waals surface area contributed by atoms with E-state index in [1.54, 1.807) is 39.2 Å². The minimum Gasteiger partial charge on any atom is -0.496 e. The second kappa shape index (κ2) is 10.1. The number of hydrogen-bond donors (Lipinski definition) is 0. The van der Waals surface area contributed by atoms with Gasteiger partial charge in [0.05, 0.1) is 34.4 Å². The molecule has 192 valence electrons. The Bertz CT molecular complexity index is 1820. The van der Waals surface area contributed by atoms with Gasteiger partial charge >= 0.3 is 5.97 Å². The molecule has 5 rings (SSSR count). The summed E-state index contributed by atoms with van der Waals surface area (Å²) in [6, 6.07) is 16.6. The van der Waals surface area contributed by atoms with Gasteiger partial charge in [0.15, 0.2) is 4.80 Å². The average Bonchev–Trinajstić information content (AvgIpc) is 3.21. The van der Waals surface area contributed by atoms with Crippen LogP contribution in [0.4, 0.5) is 5.69 Å². The van der Waals surface area contributed by atoms with Crippen LogP contribution in [0.25, 0.3) is 16.8 Å². The number of esters is 1. The summed E-state index contributed by atoms with van der Waals surface area (Å²) in [6.45, 7) is 3.59. The molecular weight excluding hydrogens is 506 g/mol. The third-order valence-corrected chi connectivity index (χ3v) is 7.30. The molecule has 0 radical (unpaired) electrons. The number of carbonyl (C=O) groups is 1. The monoisotopic (exact) mass is 529 g/mol. The molecule has 0 spiro atoms. The van der Waals surface area contributed by atoms with Gasteiger partial charge in [-0.15, -0.1) is 0 Å². The maximum atomic E-state index is 13.9. The van der Waals surface area contributed by atoms with E-state index in [-0.39, 0.29) is 23.4 Å². The molecule has 4 aromatic rings. The van der Waals surface area contributed by atoms with Crippen LogP contribution < -0.4 is 19.6 Å². The Labute approximate surface area is 220 Å². The van der Waals surface area contributed by atoms with Crippen LogP contribution >= 0.6 is 11.3 Å². The van der Waals surface area contributed by atoms with Crippen LogP contribution in [0.15, 0.2) is 81.7 Å². The Morgan fingerprint density at radius 3 is 2.71 bits per heavy atom. The van der Waals surface area contributed by atoms with E-state index >= 15 is 0 Å². The number of carbonyl (C=O) groups excluding carboxylic acids is 1. The predicted octanol–water partition coefficient (Wildman–Crippen LogP) is 3.87. The van der Waals surface area contributed by atoms with Crippen molar-refractivity contribution in [2.75, 3.05) is 13.7 Å². The van der Waals surface area contributed by atoms with E-state index in [0.717, 1.165) is 22.1 Å². The van der Waals surface area contributed by atoms with Crippen LogP contribution in [0.1, 0.15) is 31.0 Å². The van der Waals surface area contributed by atoms with Crippen LogP contribution in [0.2, 0.25) is 0 Å². The Balaban J connectivity index is 1.83. The first kappa shape index (κ1) is 25.1. The zero-order chi connectivity index (χ0) is 27.0. The lowest BCUT2D eigenvalue weighted by atomic mass is 9.90. The lowest BCUT2D eigenvalue weighted by molar-refractivity contribution is -0.384. The molecule has 0 unspecified atom stereocenters. The van der Waals surface area contributed by atoms with E-state index in [4.69, 9.17) is 9.47 Å². The summed E-state index contributed by atoms with van der Waals surface area (Å²) in [5, 5.41) is 13.0. The topological polar surface area (TPSA) is 113 Å². The number of nitro benzene ring substituents is 1. The summed E-state index contributed by atoms with van der Waals surface area (Å²) < 4.78 is 12.9. The molecule has 10 heteroatoms. The van der Waals surface area contributed by atoms with E-state index in [1.807, 2.05) is 36.4 Å². The number of allylic oxidation sites excluding steroid dienone is 1. The van der Waals surface area contributed by atoms with Crippen molar-refractivity contribution in [1.29, 1.82) is 0 Å². The molecule has 38 heavy (non-hydrogen) atoms. The Kier molecular flexibility index (Phi) is 6.64. The largest absolute Gasteiger partial charge is 0.496 e. The SMILES string of the molecule is CCOC(=O)C1=C(C)N=c2s/c(=C\c3cccc([N+](=O)[O-])c3)c(=O)n2[C@H]1c1c(OC)ccc2ccccc12. The van der Waals surface area contributed by atoms with E-state index in [1.165, 1.54) is 16.7 Å². The third-order valence-electron chi connectivity index (χ3n) is 6.32. The molecule has 1 atom stereocenters. The molecule has 0 aliphatic carbocycles. The zero-order valence-electron chi connectivity index (χ0n) is 20.8. The first-order valence-corrected chi connectivity index (χ1v) is 12.7. The quantitative estimate of drug-likeness (QED) is 0.213. The highest BCUT2D eigenvalue weighted by atomic mass is 32.1. The van der Waals surface area contributed by atoms with Gasteiger partial charge in [-0.05, 0) is 42.3 Å². The van der Waals surface area contributed by atoms with Crippen molar-refractivity contribution >= 4 is 39.8 Å². The molecule has 1 aliphatic heterocycles. The van der Waals surface area contributed by atoms with Gasteiger partial charge in [0.1, 0.15) is 11.8 Å².